The van der Waals surface area contributed by atoms with Crippen LogP contribution in [0.4, 0.5) is 0 Å². The van der Waals surface area contributed by atoms with Crippen LogP contribution >= 0.6 is 0 Å². The van der Waals surface area contributed by atoms with Gasteiger partial charge in [0.2, 0.25) is 0 Å². The van der Waals surface area contributed by atoms with Gasteiger partial charge in [-0.05, 0) is 91.0 Å². The van der Waals surface area contributed by atoms with Gasteiger partial charge in [-0.3, -0.25) is 4.57 Å². The number of nitrogens with zero attached hydrogens (tertiary/aromatic N) is 3. The zero-order valence-electron chi connectivity index (χ0n) is 37.2. The lowest BCUT2D eigenvalue weighted by Crippen LogP contribution is -2.28. The number of benzene rings is 10. The molecule has 3 heteroatoms. The lowest BCUT2D eigenvalue weighted by atomic mass is 9.67. The second-order valence-electron chi connectivity index (χ2n) is 17.7. The molecular weight excluding hydrogens is 823 g/mol. The molecule has 68 heavy (non-hydrogen) atoms. The van der Waals surface area contributed by atoms with Gasteiger partial charge in [0.1, 0.15) is 5.82 Å². The third-order valence-corrected chi connectivity index (χ3v) is 13.9. The predicted molar refractivity (Wildman–Crippen MR) is 281 cm³/mol. The Kier molecular flexibility index (Phi) is 9.40. The number of rotatable bonds is 8. The van der Waals surface area contributed by atoms with Crippen LogP contribution in [0, 0.1) is 0 Å². The summed E-state index contributed by atoms with van der Waals surface area (Å²) in [4.78, 5) is 10.6. The first kappa shape index (κ1) is 39.4. The summed E-state index contributed by atoms with van der Waals surface area (Å²) in [6, 6.07) is 94.3. The molecule has 3 nitrogen and oxygen atoms in total. The van der Waals surface area contributed by atoms with E-state index in [0.717, 1.165) is 55.6 Å². The van der Waals surface area contributed by atoms with E-state index in [1.165, 1.54) is 55.6 Å². The summed E-state index contributed by atoms with van der Waals surface area (Å²) in [5.74, 6) is 1.49. The lowest BCUT2D eigenvalue weighted by Gasteiger charge is -2.34. The van der Waals surface area contributed by atoms with E-state index >= 15 is 0 Å². The van der Waals surface area contributed by atoms with Crippen molar-refractivity contribution in [2.75, 3.05) is 0 Å². The van der Waals surface area contributed by atoms with E-state index in [2.05, 4.69) is 259 Å². The van der Waals surface area contributed by atoms with Crippen molar-refractivity contribution in [3.05, 3.63) is 283 Å². The minimum atomic E-state index is -0.488. The standard InChI is InChI=1S/C65H43N3/c1-6-19-44(20-7-1)46-33-35-47(36-34-46)59-43-62(67-64(66-59)48-23-10-3-11-24-48)68-60-39-37-49(45-21-8-2-9-22-45)41-55(60)56-42-50(38-40-61(56)68)53-30-18-32-58-63(53)54-29-16-17-31-57(54)65(58,51-25-12-4-13-26-51)52-27-14-5-15-28-52/h1-43H. The summed E-state index contributed by atoms with van der Waals surface area (Å²) in [7, 11) is 0. The fourth-order valence-electron chi connectivity index (χ4n) is 10.9. The fourth-order valence-corrected chi connectivity index (χ4v) is 10.9. The van der Waals surface area contributed by atoms with Crippen molar-refractivity contribution >= 4 is 21.8 Å². The van der Waals surface area contributed by atoms with E-state index in [-0.39, 0.29) is 0 Å². The van der Waals surface area contributed by atoms with Crippen LogP contribution in [0.15, 0.2) is 261 Å². The average Bonchev–Trinajstić information content (AvgIpc) is 3.92. The van der Waals surface area contributed by atoms with Crippen molar-refractivity contribution in [2.45, 2.75) is 5.41 Å². The van der Waals surface area contributed by atoms with Crippen LogP contribution in [0.1, 0.15) is 22.3 Å². The molecule has 0 saturated heterocycles. The SMILES string of the molecule is c1ccc(-c2ccc(-c3cc(-n4c5ccc(-c6ccccc6)cc5c5cc(-c6cccc7c6-c6ccccc6C7(c6ccccc6)c6ccccc6)ccc54)nc(-c4ccccc4)n3)cc2)cc1. The highest BCUT2D eigenvalue weighted by Gasteiger charge is 2.46. The predicted octanol–water partition coefficient (Wildman–Crippen LogP) is 16.3. The van der Waals surface area contributed by atoms with Gasteiger partial charge in [0, 0.05) is 28.0 Å². The fraction of sp³-hybridized carbons (Fsp3) is 0.0154. The molecule has 0 fully saturated rings. The van der Waals surface area contributed by atoms with Crippen molar-refractivity contribution in [1.82, 2.24) is 14.5 Å². The van der Waals surface area contributed by atoms with E-state index < -0.39 is 5.41 Å². The second-order valence-corrected chi connectivity index (χ2v) is 17.7. The van der Waals surface area contributed by atoms with Crippen molar-refractivity contribution in [2.24, 2.45) is 0 Å². The quantitative estimate of drug-likeness (QED) is 0.152. The second kappa shape index (κ2) is 16.2. The van der Waals surface area contributed by atoms with E-state index in [0.29, 0.717) is 5.82 Å². The van der Waals surface area contributed by atoms with Crippen molar-refractivity contribution in [1.29, 1.82) is 0 Å². The van der Waals surface area contributed by atoms with Gasteiger partial charge in [-0.2, -0.15) is 0 Å². The summed E-state index contributed by atoms with van der Waals surface area (Å²) >= 11 is 0. The van der Waals surface area contributed by atoms with Gasteiger partial charge in [-0.25, -0.2) is 9.97 Å². The first-order chi connectivity index (χ1) is 33.7. The molecule has 12 aromatic rings. The van der Waals surface area contributed by atoms with Crippen LogP contribution in [0.25, 0.3) is 94.8 Å². The van der Waals surface area contributed by atoms with E-state index in [9.17, 15) is 0 Å². The third kappa shape index (κ3) is 6.35. The Morgan fingerprint density at radius 2 is 0.765 bits per heavy atom. The van der Waals surface area contributed by atoms with E-state index in [1.54, 1.807) is 0 Å². The molecule has 2 heterocycles. The topological polar surface area (TPSA) is 30.7 Å². The zero-order chi connectivity index (χ0) is 45.0. The Hall–Kier alpha value is -8.92. The van der Waals surface area contributed by atoms with Gasteiger partial charge in [0.15, 0.2) is 5.82 Å². The number of fused-ring (bicyclic) bond motifs is 6. The summed E-state index contributed by atoms with van der Waals surface area (Å²) in [5.41, 5.74) is 19.2. The van der Waals surface area contributed by atoms with Gasteiger partial charge in [-0.1, -0.05) is 231 Å². The molecule has 13 rings (SSSR count). The molecule has 0 bridgehead atoms. The van der Waals surface area contributed by atoms with Gasteiger partial charge in [0.05, 0.1) is 22.1 Å². The first-order valence-corrected chi connectivity index (χ1v) is 23.3. The van der Waals surface area contributed by atoms with Crippen LogP contribution in [0.3, 0.4) is 0 Å². The van der Waals surface area contributed by atoms with Crippen molar-refractivity contribution in [3.63, 3.8) is 0 Å². The molecule has 1 aliphatic rings. The average molecular weight is 866 g/mol. The Morgan fingerprint density at radius 3 is 1.40 bits per heavy atom. The molecule has 0 saturated carbocycles. The van der Waals surface area contributed by atoms with Crippen molar-refractivity contribution < 1.29 is 0 Å². The highest BCUT2D eigenvalue weighted by molar-refractivity contribution is 6.12. The summed E-state index contributed by atoms with van der Waals surface area (Å²) in [6.07, 6.45) is 0. The smallest absolute Gasteiger partial charge is 0.162 e. The highest BCUT2D eigenvalue weighted by Crippen LogP contribution is 2.58. The normalized spacial score (nSPS) is 12.5. The van der Waals surface area contributed by atoms with Crippen LogP contribution in [0.2, 0.25) is 0 Å². The third-order valence-electron chi connectivity index (χ3n) is 13.9. The molecule has 10 aromatic carbocycles. The molecule has 0 N–H and O–H groups in total. The summed E-state index contributed by atoms with van der Waals surface area (Å²) < 4.78 is 2.33. The summed E-state index contributed by atoms with van der Waals surface area (Å²) in [5, 5.41) is 2.32. The highest BCUT2D eigenvalue weighted by atomic mass is 15.1. The number of hydrogen-bond donors (Lipinski definition) is 0. The largest absolute Gasteiger partial charge is 0.294 e. The molecule has 318 valence electrons. The molecule has 0 radical (unpaired) electrons. The lowest BCUT2D eigenvalue weighted by molar-refractivity contribution is 0.768. The maximum Gasteiger partial charge on any atom is 0.162 e. The number of hydrogen-bond acceptors (Lipinski definition) is 2. The Bertz CT molecular complexity index is 3770. The number of aromatic nitrogens is 3. The minimum Gasteiger partial charge on any atom is -0.294 e. The van der Waals surface area contributed by atoms with Crippen LogP contribution in [-0.4, -0.2) is 14.5 Å². The molecule has 0 spiro atoms. The van der Waals surface area contributed by atoms with E-state index in [1.807, 2.05) is 6.07 Å². The molecule has 0 atom stereocenters. The Morgan fingerprint density at radius 1 is 0.309 bits per heavy atom. The molecule has 1 aliphatic carbocycles. The van der Waals surface area contributed by atoms with Crippen LogP contribution in [0.5, 0.6) is 0 Å². The molecule has 0 unspecified atom stereocenters. The monoisotopic (exact) mass is 865 g/mol. The Balaban J connectivity index is 1.04. The Labute approximate surface area is 396 Å². The molecule has 0 aliphatic heterocycles. The maximum atomic E-state index is 5.40. The van der Waals surface area contributed by atoms with Crippen molar-refractivity contribution in [3.8, 4) is 73.0 Å². The first-order valence-electron chi connectivity index (χ1n) is 23.3. The molecule has 2 aromatic heterocycles. The van der Waals surface area contributed by atoms with E-state index in [4.69, 9.17) is 9.97 Å². The summed E-state index contributed by atoms with van der Waals surface area (Å²) in [6.45, 7) is 0. The van der Waals surface area contributed by atoms with Crippen LogP contribution < -0.4 is 0 Å². The van der Waals surface area contributed by atoms with Gasteiger partial charge < -0.3 is 0 Å². The van der Waals surface area contributed by atoms with Crippen LogP contribution in [-0.2, 0) is 5.41 Å². The van der Waals surface area contributed by atoms with Gasteiger partial charge in [-0.15, -0.1) is 0 Å². The molecule has 0 amide bonds. The molecular formula is C65H43N3. The minimum absolute atomic E-state index is 0.488. The van der Waals surface area contributed by atoms with Gasteiger partial charge >= 0.3 is 0 Å². The van der Waals surface area contributed by atoms with Gasteiger partial charge in [0.25, 0.3) is 0 Å². The maximum absolute atomic E-state index is 5.40. The zero-order valence-corrected chi connectivity index (χ0v) is 37.2.